The average Bonchev–Trinajstić information content (AvgIpc) is 3.01. The quantitative estimate of drug-likeness (QED) is 0.345. The number of nitro benzene ring substituents is 1. The lowest BCUT2D eigenvalue weighted by molar-refractivity contribution is -0.384. The molecule has 0 atom stereocenters. The predicted octanol–water partition coefficient (Wildman–Crippen LogP) is 3.38. The van der Waals surface area contributed by atoms with E-state index in [2.05, 4.69) is 9.73 Å². The van der Waals surface area contributed by atoms with Crippen molar-refractivity contribution >= 4 is 41.2 Å². The van der Waals surface area contributed by atoms with Gasteiger partial charge in [0.2, 0.25) is 5.90 Å². The maximum Gasteiger partial charge on any atom is 0.363 e. The van der Waals surface area contributed by atoms with Gasteiger partial charge in [0.15, 0.2) is 5.70 Å². The van der Waals surface area contributed by atoms with Crippen molar-refractivity contribution in [3.8, 4) is 0 Å². The molecule has 0 bridgehead atoms. The van der Waals surface area contributed by atoms with Crippen LogP contribution in [0.25, 0.3) is 6.08 Å². The second-order valence-electron chi connectivity index (χ2n) is 5.37. The summed E-state index contributed by atoms with van der Waals surface area (Å²) in [6.45, 7) is 0. The maximum absolute atomic E-state index is 12.0. The molecule has 8 nitrogen and oxygen atoms in total. The van der Waals surface area contributed by atoms with E-state index in [1.54, 1.807) is 24.3 Å². The Morgan fingerprint density at radius 3 is 2.56 bits per heavy atom. The van der Waals surface area contributed by atoms with E-state index in [-0.39, 0.29) is 27.9 Å². The minimum absolute atomic E-state index is 0.0326. The largest absolute Gasteiger partial charge is 0.465 e. The number of halogens is 1. The summed E-state index contributed by atoms with van der Waals surface area (Å²) in [5.41, 5.74) is 1.10. The molecule has 2 aromatic carbocycles. The number of nitrogens with zero attached hydrogens (tertiary/aromatic N) is 2. The van der Waals surface area contributed by atoms with Gasteiger partial charge in [-0.25, -0.2) is 14.6 Å². The van der Waals surface area contributed by atoms with Crippen LogP contribution in [0.1, 0.15) is 21.5 Å². The van der Waals surface area contributed by atoms with Crippen LogP contribution in [0.5, 0.6) is 0 Å². The summed E-state index contributed by atoms with van der Waals surface area (Å²) in [5.74, 6) is -1.20. The molecule has 0 fully saturated rings. The standard InChI is InChI=1S/C18H11ClN2O6/c1-26-17(22)11-4-2-10(3-5-11)8-15-18(23)27-16(20-15)13-7-6-12(21(24)25)9-14(13)19/h2-9H,1H3/b15-8-. The Morgan fingerprint density at radius 1 is 1.26 bits per heavy atom. The SMILES string of the molecule is COC(=O)c1ccc(/C=C2\N=C(c3ccc([N+](=O)[O-])cc3Cl)OC2=O)cc1. The van der Waals surface area contributed by atoms with Gasteiger partial charge in [-0.3, -0.25) is 10.1 Å². The smallest absolute Gasteiger partial charge is 0.363 e. The summed E-state index contributed by atoms with van der Waals surface area (Å²) in [7, 11) is 1.28. The number of rotatable bonds is 4. The first-order valence-corrected chi connectivity index (χ1v) is 7.92. The minimum atomic E-state index is -0.684. The second kappa shape index (κ2) is 7.38. The summed E-state index contributed by atoms with van der Waals surface area (Å²) < 4.78 is 9.73. The number of nitro groups is 1. The van der Waals surface area contributed by atoms with Gasteiger partial charge >= 0.3 is 11.9 Å². The molecule has 1 aliphatic heterocycles. The van der Waals surface area contributed by atoms with Crippen LogP contribution in [0.2, 0.25) is 5.02 Å². The van der Waals surface area contributed by atoms with Crippen molar-refractivity contribution in [1.29, 1.82) is 0 Å². The highest BCUT2D eigenvalue weighted by Gasteiger charge is 2.26. The van der Waals surface area contributed by atoms with Gasteiger partial charge in [-0.1, -0.05) is 23.7 Å². The van der Waals surface area contributed by atoms with Gasteiger partial charge in [-0.15, -0.1) is 0 Å². The fourth-order valence-electron chi connectivity index (χ4n) is 2.31. The molecular formula is C18H11ClN2O6. The maximum atomic E-state index is 12.0. The zero-order valence-electron chi connectivity index (χ0n) is 13.8. The molecule has 2 aromatic rings. The van der Waals surface area contributed by atoms with Crippen LogP contribution in [0.15, 0.2) is 53.2 Å². The van der Waals surface area contributed by atoms with Gasteiger partial charge in [0, 0.05) is 12.1 Å². The number of non-ortho nitro benzene ring substituents is 1. The molecule has 0 spiro atoms. The highest BCUT2D eigenvalue weighted by molar-refractivity contribution is 6.34. The first kappa shape index (κ1) is 18.3. The average molecular weight is 387 g/mol. The third kappa shape index (κ3) is 3.85. The molecule has 9 heteroatoms. The van der Waals surface area contributed by atoms with E-state index >= 15 is 0 Å². The van der Waals surface area contributed by atoms with Crippen LogP contribution in [0.3, 0.4) is 0 Å². The van der Waals surface area contributed by atoms with Crippen molar-refractivity contribution in [1.82, 2.24) is 0 Å². The van der Waals surface area contributed by atoms with E-state index in [1.807, 2.05) is 0 Å². The van der Waals surface area contributed by atoms with E-state index in [1.165, 1.54) is 25.3 Å². The van der Waals surface area contributed by atoms with Crippen LogP contribution in [-0.2, 0) is 14.3 Å². The van der Waals surface area contributed by atoms with Gasteiger partial charge in [-0.05, 0) is 29.8 Å². The van der Waals surface area contributed by atoms with Crippen molar-refractivity contribution in [3.05, 3.63) is 80.0 Å². The Bertz CT molecular complexity index is 1010. The summed E-state index contributed by atoms with van der Waals surface area (Å²) in [5, 5.41) is 10.8. The number of esters is 2. The Labute approximate surface area is 157 Å². The highest BCUT2D eigenvalue weighted by Crippen LogP contribution is 2.27. The molecule has 0 amide bonds. The van der Waals surface area contributed by atoms with Gasteiger partial charge in [-0.2, -0.15) is 0 Å². The molecule has 136 valence electrons. The highest BCUT2D eigenvalue weighted by atomic mass is 35.5. The fourth-order valence-corrected chi connectivity index (χ4v) is 2.56. The van der Waals surface area contributed by atoms with Gasteiger partial charge < -0.3 is 9.47 Å². The normalized spacial score (nSPS) is 14.7. The van der Waals surface area contributed by atoms with Gasteiger partial charge in [0.05, 0.1) is 28.2 Å². The minimum Gasteiger partial charge on any atom is -0.465 e. The third-order valence-electron chi connectivity index (χ3n) is 3.65. The molecule has 0 saturated heterocycles. The molecule has 3 rings (SSSR count). The zero-order valence-corrected chi connectivity index (χ0v) is 14.6. The van der Waals surface area contributed by atoms with E-state index in [0.29, 0.717) is 11.1 Å². The van der Waals surface area contributed by atoms with E-state index < -0.39 is 16.9 Å². The summed E-state index contributed by atoms with van der Waals surface area (Å²) in [4.78, 5) is 37.8. The molecule has 27 heavy (non-hydrogen) atoms. The number of ether oxygens (including phenoxy) is 2. The van der Waals surface area contributed by atoms with Crippen molar-refractivity contribution < 1.29 is 24.0 Å². The molecular weight excluding hydrogens is 376 g/mol. The van der Waals surface area contributed by atoms with Crippen LogP contribution in [0.4, 0.5) is 5.69 Å². The number of benzene rings is 2. The lowest BCUT2D eigenvalue weighted by Crippen LogP contribution is -2.06. The first-order valence-electron chi connectivity index (χ1n) is 7.54. The van der Waals surface area contributed by atoms with Crippen molar-refractivity contribution in [2.24, 2.45) is 4.99 Å². The summed E-state index contributed by atoms with van der Waals surface area (Å²) in [6.07, 6.45) is 1.48. The molecule has 0 aromatic heterocycles. The Kier molecular flexibility index (Phi) is 5.00. The molecule has 0 aliphatic carbocycles. The van der Waals surface area contributed by atoms with Crippen LogP contribution >= 0.6 is 11.6 Å². The van der Waals surface area contributed by atoms with E-state index in [9.17, 15) is 19.7 Å². The van der Waals surface area contributed by atoms with Crippen LogP contribution in [0, 0.1) is 10.1 Å². The topological polar surface area (TPSA) is 108 Å². The fraction of sp³-hybridized carbons (Fsp3) is 0.0556. The second-order valence-corrected chi connectivity index (χ2v) is 5.78. The van der Waals surface area contributed by atoms with Crippen LogP contribution < -0.4 is 0 Å². The number of hydrogen-bond donors (Lipinski definition) is 0. The molecule has 0 N–H and O–H groups in total. The number of aliphatic imine (C=N–C) groups is 1. The summed E-state index contributed by atoms with van der Waals surface area (Å²) >= 11 is 6.03. The molecule has 0 saturated carbocycles. The number of methoxy groups -OCH3 is 1. The lowest BCUT2D eigenvalue weighted by atomic mass is 10.1. The van der Waals surface area contributed by atoms with Crippen LogP contribution in [-0.4, -0.2) is 29.9 Å². The van der Waals surface area contributed by atoms with E-state index in [0.717, 1.165) is 6.07 Å². The summed E-state index contributed by atoms with van der Waals surface area (Å²) in [6, 6.07) is 10.1. The Morgan fingerprint density at radius 2 is 1.96 bits per heavy atom. The first-order chi connectivity index (χ1) is 12.9. The third-order valence-corrected chi connectivity index (χ3v) is 3.96. The van der Waals surface area contributed by atoms with Crippen molar-refractivity contribution in [2.75, 3.05) is 7.11 Å². The zero-order chi connectivity index (χ0) is 19.6. The van der Waals surface area contributed by atoms with Gasteiger partial charge in [0.1, 0.15) is 0 Å². The molecule has 0 radical (unpaired) electrons. The lowest BCUT2D eigenvalue weighted by Gasteiger charge is -2.02. The van der Waals surface area contributed by atoms with Crippen molar-refractivity contribution in [2.45, 2.75) is 0 Å². The predicted molar refractivity (Wildman–Crippen MR) is 96.5 cm³/mol. The molecule has 1 heterocycles. The molecule has 0 unspecified atom stereocenters. The number of carbonyl (C=O) groups excluding carboxylic acids is 2. The van der Waals surface area contributed by atoms with Crippen molar-refractivity contribution in [3.63, 3.8) is 0 Å². The van der Waals surface area contributed by atoms with Gasteiger partial charge in [0.25, 0.3) is 5.69 Å². The molecule has 1 aliphatic rings. The number of cyclic esters (lactones) is 1. The Balaban J connectivity index is 1.89. The number of carbonyl (C=O) groups is 2. The monoisotopic (exact) mass is 386 g/mol. The number of hydrogen-bond acceptors (Lipinski definition) is 7. The van der Waals surface area contributed by atoms with E-state index in [4.69, 9.17) is 16.3 Å². The Hall–Kier alpha value is -3.52.